The summed E-state index contributed by atoms with van der Waals surface area (Å²) in [4.78, 5) is 13.8. The minimum atomic E-state index is -0.145. The Kier molecular flexibility index (Phi) is 3.75. The zero-order valence-corrected chi connectivity index (χ0v) is 11.2. The summed E-state index contributed by atoms with van der Waals surface area (Å²) >= 11 is 0. The maximum absolute atomic E-state index is 12.0. The summed E-state index contributed by atoms with van der Waals surface area (Å²) in [7, 11) is 3.72. The van der Waals surface area contributed by atoms with Gasteiger partial charge >= 0.3 is 0 Å². The standard InChI is InChI=1S/C14H16N4O/c1-11-14(13(19)9-10-17(2)3)15-16-18(11)12-7-5-4-6-8-12/h4-10H,1-3H3. The molecule has 0 amide bonds. The molecule has 0 aliphatic carbocycles. The van der Waals surface area contributed by atoms with Gasteiger partial charge in [0, 0.05) is 26.4 Å². The van der Waals surface area contributed by atoms with Crippen LogP contribution in [0.5, 0.6) is 0 Å². The predicted molar refractivity (Wildman–Crippen MR) is 73.3 cm³/mol. The molecule has 2 aromatic rings. The molecule has 0 bridgehead atoms. The SMILES string of the molecule is Cc1c(C(=O)C=CN(C)C)nnn1-c1ccccc1. The molecule has 1 aromatic carbocycles. The molecule has 0 N–H and O–H groups in total. The number of carbonyl (C=O) groups excluding carboxylic acids is 1. The molecular formula is C14H16N4O. The van der Waals surface area contributed by atoms with Gasteiger partial charge in [-0.2, -0.15) is 0 Å². The number of ketones is 1. The fourth-order valence-electron chi connectivity index (χ4n) is 1.67. The smallest absolute Gasteiger partial charge is 0.209 e. The Hall–Kier alpha value is -2.43. The molecule has 0 saturated carbocycles. The largest absolute Gasteiger partial charge is 0.383 e. The molecular weight excluding hydrogens is 240 g/mol. The summed E-state index contributed by atoms with van der Waals surface area (Å²) in [6, 6.07) is 9.62. The second-order valence-corrected chi connectivity index (χ2v) is 4.41. The van der Waals surface area contributed by atoms with Gasteiger partial charge in [0.1, 0.15) is 0 Å². The van der Waals surface area contributed by atoms with E-state index in [9.17, 15) is 4.79 Å². The molecule has 19 heavy (non-hydrogen) atoms. The Labute approximate surface area is 112 Å². The number of benzene rings is 1. The third kappa shape index (κ3) is 2.88. The number of hydrogen-bond acceptors (Lipinski definition) is 4. The lowest BCUT2D eigenvalue weighted by Gasteiger charge is -2.03. The van der Waals surface area contributed by atoms with Crippen LogP contribution in [0.1, 0.15) is 16.2 Å². The first-order valence-corrected chi connectivity index (χ1v) is 5.96. The minimum Gasteiger partial charge on any atom is -0.383 e. The summed E-state index contributed by atoms with van der Waals surface area (Å²) in [5.74, 6) is -0.145. The number of hydrogen-bond donors (Lipinski definition) is 0. The Balaban J connectivity index is 2.31. The van der Waals surface area contributed by atoms with Gasteiger partial charge in [0.15, 0.2) is 5.69 Å². The maximum atomic E-state index is 12.0. The minimum absolute atomic E-state index is 0.145. The van der Waals surface area contributed by atoms with Gasteiger partial charge in [-0.15, -0.1) is 5.10 Å². The van der Waals surface area contributed by atoms with Crippen molar-refractivity contribution >= 4 is 5.78 Å². The van der Waals surface area contributed by atoms with E-state index in [-0.39, 0.29) is 5.78 Å². The van der Waals surface area contributed by atoms with E-state index in [4.69, 9.17) is 0 Å². The van der Waals surface area contributed by atoms with Crippen molar-refractivity contribution in [2.24, 2.45) is 0 Å². The molecule has 2 rings (SSSR count). The van der Waals surface area contributed by atoms with Gasteiger partial charge in [-0.1, -0.05) is 23.4 Å². The number of carbonyl (C=O) groups is 1. The van der Waals surface area contributed by atoms with E-state index in [0.717, 1.165) is 11.4 Å². The van der Waals surface area contributed by atoms with Crippen LogP contribution in [0.15, 0.2) is 42.6 Å². The molecule has 0 aliphatic rings. The van der Waals surface area contributed by atoms with Gasteiger partial charge in [-0.3, -0.25) is 4.79 Å². The molecule has 0 saturated heterocycles. The second kappa shape index (κ2) is 5.48. The van der Waals surface area contributed by atoms with E-state index >= 15 is 0 Å². The third-order valence-electron chi connectivity index (χ3n) is 2.65. The van der Waals surface area contributed by atoms with Crippen molar-refractivity contribution in [3.63, 3.8) is 0 Å². The zero-order valence-electron chi connectivity index (χ0n) is 11.2. The fourth-order valence-corrected chi connectivity index (χ4v) is 1.67. The van der Waals surface area contributed by atoms with E-state index in [1.54, 1.807) is 15.8 Å². The van der Waals surface area contributed by atoms with Crippen LogP contribution in [0.25, 0.3) is 5.69 Å². The Morgan fingerprint density at radius 2 is 1.95 bits per heavy atom. The van der Waals surface area contributed by atoms with E-state index in [0.29, 0.717) is 5.69 Å². The molecule has 0 spiro atoms. The van der Waals surface area contributed by atoms with Crippen LogP contribution in [0, 0.1) is 6.92 Å². The van der Waals surface area contributed by atoms with Crippen LogP contribution in [-0.2, 0) is 0 Å². The molecule has 0 unspecified atom stereocenters. The van der Waals surface area contributed by atoms with Crippen LogP contribution in [0.4, 0.5) is 0 Å². The third-order valence-corrected chi connectivity index (χ3v) is 2.65. The van der Waals surface area contributed by atoms with Crippen LogP contribution >= 0.6 is 0 Å². The molecule has 5 nitrogen and oxygen atoms in total. The number of para-hydroxylation sites is 1. The average Bonchev–Trinajstić information content (AvgIpc) is 2.79. The first kappa shape index (κ1) is 13.0. The molecule has 1 heterocycles. The van der Waals surface area contributed by atoms with Crippen LogP contribution < -0.4 is 0 Å². The zero-order chi connectivity index (χ0) is 13.8. The lowest BCUT2D eigenvalue weighted by atomic mass is 10.2. The maximum Gasteiger partial charge on any atom is 0.209 e. The van der Waals surface area contributed by atoms with Crippen molar-refractivity contribution in [2.45, 2.75) is 6.92 Å². The Morgan fingerprint density at radius 1 is 1.26 bits per heavy atom. The average molecular weight is 256 g/mol. The molecule has 5 heteroatoms. The van der Waals surface area contributed by atoms with Crippen molar-refractivity contribution in [1.29, 1.82) is 0 Å². The number of aromatic nitrogens is 3. The van der Waals surface area contributed by atoms with E-state index in [1.807, 2.05) is 51.4 Å². The van der Waals surface area contributed by atoms with Crippen LogP contribution in [-0.4, -0.2) is 39.8 Å². The quantitative estimate of drug-likeness (QED) is 0.618. The van der Waals surface area contributed by atoms with Gasteiger partial charge in [0.25, 0.3) is 0 Å². The van der Waals surface area contributed by atoms with E-state index in [2.05, 4.69) is 10.3 Å². The summed E-state index contributed by atoms with van der Waals surface area (Å²) in [6.45, 7) is 1.84. The molecule has 0 fully saturated rings. The lowest BCUT2D eigenvalue weighted by molar-refractivity contribution is 0.104. The monoisotopic (exact) mass is 256 g/mol. The van der Waals surface area contributed by atoms with Gasteiger partial charge < -0.3 is 4.90 Å². The second-order valence-electron chi connectivity index (χ2n) is 4.41. The normalized spacial score (nSPS) is 10.9. The Morgan fingerprint density at radius 3 is 2.58 bits per heavy atom. The molecule has 1 aromatic heterocycles. The summed E-state index contributed by atoms with van der Waals surface area (Å²) < 4.78 is 1.66. The topological polar surface area (TPSA) is 51.0 Å². The highest BCUT2D eigenvalue weighted by atomic mass is 16.1. The summed E-state index contributed by atoms with van der Waals surface area (Å²) in [6.07, 6.45) is 3.19. The highest BCUT2D eigenvalue weighted by Crippen LogP contribution is 2.12. The first-order chi connectivity index (χ1) is 9.09. The fraction of sp³-hybridized carbons (Fsp3) is 0.214. The van der Waals surface area contributed by atoms with Crippen molar-refractivity contribution in [2.75, 3.05) is 14.1 Å². The van der Waals surface area contributed by atoms with Crippen molar-refractivity contribution in [3.05, 3.63) is 54.0 Å². The van der Waals surface area contributed by atoms with Gasteiger partial charge in [-0.25, -0.2) is 4.68 Å². The highest BCUT2D eigenvalue weighted by Gasteiger charge is 2.14. The van der Waals surface area contributed by atoms with Crippen LogP contribution in [0.2, 0.25) is 0 Å². The van der Waals surface area contributed by atoms with Gasteiger partial charge in [-0.05, 0) is 19.1 Å². The van der Waals surface area contributed by atoms with Crippen LogP contribution in [0.3, 0.4) is 0 Å². The highest BCUT2D eigenvalue weighted by molar-refractivity contribution is 6.03. The van der Waals surface area contributed by atoms with E-state index in [1.165, 1.54) is 6.08 Å². The number of allylic oxidation sites excluding steroid dienone is 1. The predicted octanol–water partition coefficient (Wildman–Crippen LogP) is 1.83. The number of nitrogens with zero attached hydrogens (tertiary/aromatic N) is 4. The van der Waals surface area contributed by atoms with Crippen molar-refractivity contribution in [1.82, 2.24) is 19.9 Å². The molecule has 0 atom stereocenters. The van der Waals surface area contributed by atoms with Gasteiger partial charge in [0.2, 0.25) is 5.78 Å². The van der Waals surface area contributed by atoms with Crippen molar-refractivity contribution < 1.29 is 4.79 Å². The number of rotatable bonds is 4. The first-order valence-electron chi connectivity index (χ1n) is 5.96. The lowest BCUT2D eigenvalue weighted by Crippen LogP contribution is -2.05. The summed E-state index contributed by atoms with van der Waals surface area (Å²) in [5.41, 5.74) is 2.00. The molecule has 98 valence electrons. The Bertz CT molecular complexity index is 599. The van der Waals surface area contributed by atoms with E-state index < -0.39 is 0 Å². The molecule has 0 radical (unpaired) electrons. The van der Waals surface area contributed by atoms with Crippen molar-refractivity contribution in [3.8, 4) is 5.69 Å². The van der Waals surface area contributed by atoms with Gasteiger partial charge in [0.05, 0.1) is 11.4 Å². The summed E-state index contributed by atoms with van der Waals surface area (Å²) in [5, 5.41) is 8.00. The molecule has 0 aliphatic heterocycles.